The molecule has 1 N–H and O–H groups in total. The average molecular weight is 486 g/mol. The molecule has 1 amide bonds. The van der Waals surface area contributed by atoms with Crippen LogP contribution in [-0.4, -0.2) is 35.7 Å². The number of imidazole rings is 1. The van der Waals surface area contributed by atoms with Gasteiger partial charge in [-0.25, -0.2) is 4.98 Å². The molecule has 0 spiro atoms. The van der Waals surface area contributed by atoms with Gasteiger partial charge in [0, 0.05) is 25.1 Å². The fourth-order valence-electron chi connectivity index (χ4n) is 4.25. The van der Waals surface area contributed by atoms with Crippen molar-refractivity contribution in [3.63, 3.8) is 0 Å². The van der Waals surface area contributed by atoms with Gasteiger partial charge in [0.15, 0.2) is 0 Å². The number of unbranched alkanes of at least 4 members (excludes halogenated alkanes) is 1. The van der Waals surface area contributed by atoms with Gasteiger partial charge in [0.1, 0.15) is 17.3 Å². The molecule has 188 valence electrons. The fourth-order valence-corrected chi connectivity index (χ4v) is 4.25. The molecule has 0 fully saturated rings. The van der Waals surface area contributed by atoms with Crippen LogP contribution < -0.4 is 14.8 Å². The molecule has 0 radical (unpaired) electrons. The van der Waals surface area contributed by atoms with Gasteiger partial charge in [0.2, 0.25) is 0 Å². The van der Waals surface area contributed by atoms with Gasteiger partial charge in [-0.1, -0.05) is 24.3 Å². The van der Waals surface area contributed by atoms with Crippen LogP contribution >= 0.6 is 0 Å². The summed E-state index contributed by atoms with van der Waals surface area (Å²) in [4.78, 5) is 17.4. The van der Waals surface area contributed by atoms with Gasteiger partial charge in [-0.15, -0.1) is 0 Å². The van der Waals surface area contributed by atoms with E-state index in [-0.39, 0.29) is 5.91 Å². The molecular weight excluding hydrogens is 450 g/mol. The molecule has 0 aliphatic carbocycles. The van der Waals surface area contributed by atoms with E-state index >= 15 is 0 Å². The number of nitrogens with one attached hydrogen (secondary N) is 1. The summed E-state index contributed by atoms with van der Waals surface area (Å²) < 4.78 is 13.5. The van der Waals surface area contributed by atoms with Crippen molar-refractivity contribution in [3.8, 4) is 11.5 Å². The summed E-state index contributed by atoms with van der Waals surface area (Å²) >= 11 is 0. The number of para-hydroxylation sites is 2. The van der Waals surface area contributed by atoms with E-state index < -0.39 is 0 Å². The van der Waals surface area contributed by atoms with Crippen LogP contribution in [0.4, 0.5) is 0 Å². The first-order valence-corrected chi connectivity index (χ1v) is 12.6. The quantitative estimate of drug-likeness (QED) is 0.254. The summed E-state index contributed by atoms with van der Waals surface area (Å²) in [6, 6.07) is 21.7. The zero-order chi connectivity index (χ0) is 25.3. The first-order valence-electron chi connectivity index (χ1n) is 12.6. The first kappa shape index (κ1) is 25.3. The molecular formula is C30H35N3O3. The molecule has 4 rings (SSSR count). The molecule has 1 aromatic heterocycles. The molecule has 0 saturated carbocycles. The van der Waals surface area contributed by atoms with Crippen molar-refractivity contribution >= 4 is 16.9 Å². The molecule has 4 aromatic rings. The zero-order valence-corrected chi connectivity index (χ0v) is 21.4. The summed E-state index contributed by atoms with van der Waals surface area (Å²) in [5.41, 5.74) is 5.30. The summed E-state index contributed by atoms with van der Waals surface area (Å²) in [7, 11) is 1.60. The summed E-state index contributed by atoms with van der Waals surface area (Å²) in [6.45, 7) is 6.39. The number of carbonyl (C=O) groups is 1. The number of nitrogens with zero attached hydrogens (tertiary/aromatic N) is 2. The normalized spacial score (nSPS) is 11.0. The van der Waals surface area contributed by atoms with Gasteiger partial charge < -0.3 is 19.4 Å². The second kappa shape index (κ2) is 12.2. The van der Waals surface area contributed by atoms with E-state index in [1.54, 1.807) is 19.2 Å². The van der Waals surface area contributed by atoms with Crippen LogP contribution in [0.15, 0.2) is 66.7 Å². The number of aryl methyl sites for hydroxylation is 4. The third-order valence-electron chi connectivity index (χ3n) is 6.45. The Balaban J connectivity index is 1.29. The van der Waals surface area contributed by atoms with Crippen molar-refractivity contribution in [3.05, 3.63) is 89.2 Å². The lowest BCUT2D eigenvalue weighted by atomic mass is 10.1. The molecule has 36 heavy (non-hydrogen) atoms. The molecule has 0 aliphatic heterocycles. The van der Waals surface area contributed by atoms with Crippen LogP contribution in [0, 0.1) is 13.8 Å². The van der Waals surface area contributed by atoms with Crippen LogP contribution in [0.1, 0.15) is 46.6 Å². The molecule has 1 heterocycles. The van der Waals surface area contributed by atoms with E-state index in [1.807, 2.05) is 24.3 Å². The minimum absolute atomic E-state index is 0.0915. The maximum absolute atomic E-state index is 12.5. The first-order chi connectivity index (χ1) is 17.5. The number of benzene rings is 3. The van der Waals surface area contributed by atoms with Gasteiger partial charge >= 0.3 is 0 Å². The van der Waals surface area contributed by atoms with Crippen LogP contribution in [0.25, 0.3) is 11.0 Å². The number of hydrogen-bond acceptors (Lipinski definition) is 4. The predicted octanol–water partition coefficient (Wildman–Crippen LogP) is 5.88. The van der Waals surface area contributed by atoms with E-state index in [4.69, 9.17) is 14.5 Å². The van der Waals surface area contributed by atoms with Gasteiger partial charge in [-0.05, 0) is 86.7 Å². The van der Waals surface area contributed by atoms with Crippen molar-refractivity contribution in [1.82, 2.24) is 14.9 Å². The molecule has 0 atom stereocenters. The number of carbonyl (C=O) groups excluding carboxylic acids is 1. The lowest BCUT2D eigenvalue weighted by molar-refractivity contribution is 0.0952. The maximum atomic E-state index is 12.5. The van der Waals surface area contributed by atoms with E-state index in [0.29, 0.717) is 24.5 Å². The molecule has 3 aromatic carbocycles. The standard InChI is InChI=1S/C30H35N3O3/c1-22-15-16-26(20-23(22)2)36-19-7-6-18-33-28-13-5-4-12-27(28)32-29(33)14-9-17-31-30(34)24-10-8-11-25(21-24)35-3/h4-5,8,10-13,15-16,20-21H,6-7,9,14,17-19H2,1-3H3,(H,31,34). The molecule has 0 aliphatic rings. The Morgan fingerprint density at radius 2 is 1.78 bits per heavy atom. The highest BCUT2D eigenvalue weighted by Crippen LogP contribution is 2.19. The predicted molar refractivity (Wildman–Crippen MR) is 144 cm³/mol. The van der Waals surface area contributed by atoms with Gasteiger partial charge in [0.25, 0.3) is 5.91 Å². The third-order valence-corrected chi connectivity index (χ3v) is 6.45. The zero-order valence-electron chi connectivity index (χ0n) is 21.4. The Kier molecular flexibility index (Phi) is 8.61. The molecule has 6 nitrogen and oxygen atoms in total. The van der Waals surface area contributed by atoms with E-state index in [2.05, 4.69) is 54.1 Å². The lowest BCUT2D eigenvalue weighted by Crippen LogP contribution is -2.25. The number of aromatic nitrogens is 2. The average Bonchev–Trinajstić information content (AvgIpc) is 3.25. The topological polar surface area (TPSA) is 65.4 Å². The van der Waals surface area contributed by atoms with Crippen LogP contribution in [-0.2, 0) is 13.0 Å². The second-order valence-electron chi connectivity index (χ2n) is 9.06. The Morgan fingerprint density at radius 1 is 0.917 bits per heavy atom. The Hall–Kier alpha value is -3.80. The largest absolute Gasteiger partial charge is 0.497 e. The highest BCUT2D eigenvalue weighted by molar-refractivity contribution is 5.94. The number of fused-ring (bicyclic) bond motifs is 1. The number of methoxy groups -OCH3 is 1. The summed E-state index contributed by atoms with van der Waals surface area (Å²) in [5.74, 6) is 2.58. The highest BCUT2D eigenvalue weighted by Gasteiger charge is 2.11. The van der Waals surface area contributed by atoms with Gasteiger partial charge in [-0.2, -0.15) is 0 Å². The third kappa shape index (κ3) is 6.45. The van der Waals surface area contributed by atoms with E-state index in [0.717, 1.165) is 54.8 Å². The fraction of sp³-hybridized carbons (Fsp3) is 0.333. The Bertz CT molecular complexity index is 1310. The van der Waals surface area contributed by atoms with Crippen molar-refractivity contribution in [2.45, 2.75) is 46.1 Å². The summed E-state index contributed by atoms with van der Waals surface area (Å²) in [6.07, 6.45) is 3.58. The molecule has 0 bridgehead atoms. The van der Waals surface area contributed by atoms with Crippen molar-refractivity contribution in [2.75, 3.05) is 20.3 Å². The van der Waals surface area contributed by atoms with E-state index in [1.165, 1.54) is 11.1 Å². The molecule has 0 unspecified atom stereocenters. The minimum Gasteiger partial charge on any atom is -0.497 e. The maximum Gasteiger partial charge on any atom is 0.251 e. The van der Waals surface area contributed by atoms with Crippen LogP contribution in [0.2, 0.25) is 0 Å². The second-order valence-corrected chi connectivity index (χ2v) is 9.06. The van der Waals surface area contributed by atoms with Crippen molar-refractivity contribution < 1.29 is 14.3 Å². The number of ether oxygens (including phenoxy) is 2. The van der Waals surface area contributed by atoms with Gasteiger partial charge in [0.05, 0.1) is 24.8 Å². The highest BCUT2D eigenvalue weighted by atomic mass is 16.5. The lowest BCUT2D eigenvalue weighted by Gasteiger charge is -2.11. The SMILES string of the molecule is COc1cccc(C(=O)NCCCc2nc3ccccc3n2CCCCOc2ccc(C)c(C)c2)c1. The Labute approximate surface area is 213 Å². The number of hydrogen-bond donors (Lipinski definition) is 1. The monoisotopic (exact) mass is 485 g/mol. The summed E-state index contributed by atoms with van der Waals surface area (Å²) in [5, 5.41) is 3.01. The molecule has 6 heteroatoms. The van der Waals surface area contributed by atoms with Gasteiger partial charge in [-0.3, -0.25) is 4.79 Å². The van der Waals surface area contributed by atoms with Crippen molar-refractivity contribution in [2.24, 2.45) is 0 Å². The smallest absolute Gasteiger partial charge is 0.251 e. The van der Waals surface area contributed by atoms with Crippen molar-refractivity contribution in [1.29, 1.82) is 0 Å². The van der Waals surface area contributed by atoms with E-state index in [9.17, 15) is 4.79 Å². The van der Waals surface area contributed by atoms with Crippen LogP contribution in [0.3, 0.4) is 0 Å². The Morgan fingerprint density at radius 3 is 2.61 bits per heavy atom. The minimum atomic E-state index is -0.0915. The molecule has 0 saturated heterocycles. The number of amides is 1. The van der Waals surface area contributed by atoms with Crippen LogP contribution in [0.5, 0.6) is 11.5 Å². The number of rotatable bonds is 12.